The Morgan fingerprint density at radius 1 is 1.32 bits per heavy atom. The molecule has 1 aromatic rings. The summed E-state index contributed by atoms with van der Waals surface area (Å²) >= 11 is 6.10. The van der Waals surface area contributed by atoms with Gasteiger partial charge in [-0.15, -0.1) is 12.4 Å². The molecule has 2 rings (SSSR count). The standard InChI is InChI=1S/C16H24ClN3O3S.ClH/c1-3-4-13-5-6-14(17)15(11-13)24(22,23)19(2)12-16(21)20-9-7-18-8-10-20;/h5-6,11,18H,3-4,7-10,12H2,1-2H3;1H. The Labute approximate surface area is 161 Å². The van der Waals surface area contributed by atoms with Crippen LogP contribution in [0, 0.1) is 0 Å². The van der Waals surface area contributed by atoms with Crippen molar-refractivity contribution < 1.29 is 13.2 Å². The van der Waals surface area contributed by atoms with Crippen LogP contribution in [0.15, 0.2) is 23.1 Å². The van der Waals surface area contributed by atoms with E-state index in [0.717, 1.165) is 35.8 Å². The van der Waals surface area contributed by atoms with Crippen molar-refractivity contribution >= 4 is 39.9 Å². The lowest BCUT2D eigenvalue weighted by Crippen LogP contribution is -2.49. The number of nitrogens with one attached hydrogen (secondary N) is 1. The number of nitrogens with zero attached hydrogens (tertiary/aromatic N) is 2. The van der Waals surface area contributed by atoms with Gasteiger partial charge in [-0.1, -0.05) is 31.0 Å². The second kappa shape index (κ2) is 9.73. The Hall–Kier alpha value is -0.860. The molecule has 1 aliphatic heterocycles. The number of halogens is 2. The van der Waals surface area contributed by atoms with Gasteiger partial charge in [0, 0.05) is 33.2 Å². The molecule has 6 nitrogen and oxygen atoms in total. The quantitative estimate of drug-likeness (QED) is 0.776. The fourth-order valence-corrected chi connectivity index (χ4v) is 4.29. The third-order valence-corrected chi connectivity index (χ3v) is 6.34. The molecule has 0 bridgehead atoms. The Kier molecular flexibility index (Phi) is 8.63. The Morgan fingerprint density at radius 3 is 2.56 bits per heavy atom. The van der Waals surface area contributed by atoms with Crippen LogP contribution in [0.2, 0.25) is 5.02 Å². The molecule has 1 heterocycles. The molecule has 0 aromatic heterocycles. The molecule has 9 heteroatoms. The van der Waals surface area contributed by atoms with E-state index < -0.39 is 10.0 Å². The van der Waals surface area contributed by atoms with Gasteiger partial charge in [-0.2, -0.15) is 4.31 Å². The first kappa shape index (κ1) is 22.2. The number of benzene rings is 1. The van der Waals surface area contributed by atoms with E-state index in [2.05, 4.69) is 5.32 Å². The molecule has 1 aliphatic rings. The van der Waals surface area contributed by atoms with Crippen molar-refractivity contribution in [3.05, 3.63) is 28.8 Å². The number of carbonyl (C=O) groups excluding carboxylic acids is 1. The van der Waals surface area contributed by atoms with E-state index >= 15 is 0 Å². The first-order chi connectivity index (χ1) is 11.4. The highest BCUT2D eigenvalue weighted by atomic mass is 35.5. The van der Waals surface area contributed by atoms with E-state index in [4.69, 9.17) is 11.6 Å². The lowest BCUT2D eigenvalue weighted by atomic mass is 10.1. The molecule has 0 spiro atoms. The van der Waals surface area contributed by atoms with Gasteiger partial charge in [-0.05, 0) is 24.1 Å². The van der Waals surface area contributed by atoms with Gasteiger partial charge in [-0.3, -0.25) is 4.79 Å². The van der Waals surface area contributed by atoms with Crippen molar-refractivity contribution in [3.63, 3.8) is 0 Å². The lowest BCUT2D eigenvalue weighted by Gasteiger charge is -2.29. The lowest BCUT2D eigenvalue weighted by molar-refractivity contribution is -0.131. The summed E-state index contributed by atoms with van der Waals surface area (Å²) in [6.07, 6.45) is 1.70. The van der Waals surface area contributed by atoms with Gasteiger partial charge in [0.05, 0.1) is 11.6 Å². The summed E-state index contributed by atoms with van der Waals surface area (Å²) in [5, 5.41) is 3.34. The third kappa shape index (κ3) is 5.56. The van der Waals surface area contributed by atoms with Crippen LogP contribution in [-0.2, 0) is 21.2 Å². The van der Waals surface area contributed by atoms with E-state index in [1.54, 1.807) is 17.0 Å². The zero-order valence-electron chi connectivity index (χ0n) is 14.5. The zero-order valence-corrected chi connectivity index (χ0v) is 16.9. The molecule has 1 fully saturated rings. The Bertz CT molecular complexity index is 692. The van der Waals surface area contributed by atoms with E-state index in [1.807, 2.05) is 13.0 Å². The molecule has 0 unspecified atom stereocenters. The molecule has 0 saturated carbocycles. The van der Waals surface area contributed by atoms with Crippen molar-refractivity contribution in [1.82, 2.24) is 14.5 Å². The van der Waals surface area contributed by atoms with Gasteiger partial charge in [0.15, 0.2) is 0 Å². The summed E-state index contributed by atoms with van der Waals surface area (Å²) in [5.74, 6) is -0.191. The second-order valence-electron chi connectivity index (χ2n) is 5.91. The molecule has 1 amide bonds. The molecule has 0 atom stereocenters. The fraction of sp³-hybridized carbons (Fsp3) is 0.562. The van der Waals surface area contributed by atoms with Crippen LogP contribution in [0.5, 0.6) is 0 Å². The maximum absolute atomic E-state index is 12.8. The average Bonchev–Trinajstić information content (AvgIpc) is 2.57. The first-order valence-electron chi connectivity index (χ1n) is 8.09. The van der Waals surface area contributed by atoms with Crippen LogP contribution in [-0.4, -0.2) is 63.3 Å². The SMILES string of the molecule is CCCc1ccc(Cl)c(S(=O)(=O)N(C)CC(=O)N2CCNCC2)c1.Cl. The zero-order chi connectivity index (χ0) is 17.7. The van der Waals surface area contributed by atoms with Crippen molar-refractivity contribution in [2.24, 2.45) is 0 Å². The minimum atomic E-state index is -3.81. The van der Waals surface area contributed by atoms with Gasteiger partial charge in [0.1, 0.15) is 4.90 Å². The first-order valence-corrected chi connectivity index (χ1v) is 9.91. The van der Waals surface area contributed by atoms with Crippen molar-refractivity contribution in [3.8, 4) is 0 Å². The number of rotatable bonds is 6. The number of hydrogen-bond acceptors (Lipinski definition) is 4. The monoisotopic (exact) mass is 409 g/mol. The number of likely N-dealkylation sites (N-methyl/N-ethyl adjacent to an activating group) is 1. The molecule has 1 N–H and O–H groups in total. The van der Waals surface area contributed by atoms with Gasteiger partial charge in [-0.25, -0.2) is 8.42 Å². The molecule has 0 aliphatic carbocycles. The molecule has 25 heavy (non-hydrogen) atoms. The number of carbonyl (C=O) groups is 1. The number of piperazine rings is 1. The van der Waals surface area contributed by atoms with Crippen LogP contribution in [0.3, 0.4) is 0 Å². The minimum Gasteiger partial charge on any atom is -0.339 e. The molecular weight excluding hydrogens is 385 g/mol. The normalized spacial score (nSPS) is 15.1. The summed E-state index contributed by atoms with van der Waals surface area (Å²) < 4.78 is 26.6. The third-order valence-electron chi connectivity index (χ3n) is 4.05. The van der Waals surface area contributed by atoms with Gasteiger partial charge in [0.25, 0.3) is 0 Å². The Morgan fingerprint density at radius 2 is 1.96 bits per heavy atom. The van der Waals surface area contributed by atoms with Gasteiger partial charge in [0.2, 0.25) is 15.9 Å². The van der Waals surface area contributed by atoms with Crippen LogP contribution < -0.4 is 5.32 Å². The van der Waals surface area contributed by atoms with Crippen molar-refractivity contribution in [1.29, 1.82) is 0 Å². The smallest absolute Gasteiger partial charge is 0.244 e. The molecule has 0 radical (unpaired) electrons. The summed E-state index contributed by atoms with van der Waals surface area (Å²) in [4.78, 5) is 14.0. The number of hydrogen-bond donors (Lipinski definition) is 1. The maximum Gasteiger partial charge on any atom is 0.244 e. The largest absolute Gasteiger partial charge is 0.339 e. The minimum absolute atomic E-state index is 0. The van der Waals surface area contributed by atoms with E-state index in [0.29, 0.717) is 13.1 Å². The highest BCUT2D eigenvalue weighted by molar-refractivity contribution is 7.89. The maximum atomic E-state index is 12.8. The second-order valence-corrected chi connectivity index (χ2v) is 8.33. The predicted molar refractivity (Wildman–Crippen MR) is 102 cm³/mol. The van der Waals surface area contributed by atoms with Gasteiger partial charge >= 0.3 is 0 Å². The van der Waals surface area contributed by atoms with E-state index in [-0.39, 0.29) is 34.8 Å². The summed E-state index contributed by atoms with van der Waals surface area (Å²) in [6, 6.07) is 5.04. The number of amides is 1. The Balaban J connectivity index is 0.00000312. The van der Waals surface area contributed by atoms with Crippen LogP contribution in [0.1, 0.15) is 18.9 Å². The van der Waals surface area contributed by atoms with Gasteiger partial charge < -0.3 is 10.2 Å². The topological polar surface area (TPSA) is 69.7 Å². The molecule has 142 valence electrons. The average molecular weight is 410 g/mol. The summed E-state index contributed by atoms with van der Waals surface area (Å²) in [7, 11) is -2.39. The molecule has 1 saturated heterocycles. The summed E-state index contributed by atoms with van der Waals surface area (Å²) in [5.41, 5.74) is 0.919. The highest BCUT2D eigenvalue weighted by Crippen LogP contribution is 2.26. The van der Waals surface area contributed by atoms with E-state index in [9.17, 15) is 13.2 Å². The van der Waals surface area contributed by atoms with Crippen molar-refractivity contribution in [2.75, 3.05) is 39.8 Å². The van der Waals surface area contributed by atoms with Crippen LogP contribution in [0.4, 0.5) is 0 Å². The predicted octanol–water partition coefficient (Wildman–Crippen LogP) is 1.77. The van der Waals surface area contributed by atoms with E-state index in [1.165, 1.54) is 7.05 Å². The van der Waals surface area contributed by atoms with Crippen LogP contribution >= 0.6 is 24.0 Å². The number of sulfonamides is 1. The van der Waals surface area contributed by atoms with Crippen molar-refractivity contribution in [2.45, 2.75) is 24.7 Å². The fourth-order valence-electron chi connectivity index (χ4n) is 2.65. The molecular formula is C16H25Cl2N3O3S. The summed E-state index contributed by atoms with van der Waals surface area (Å²) in [6.45, 7) is 4.50. The highest BCUT2D eigenvalue weighted by Gasteiger charge is 2.27. The number of aryl methyl sites for hydroxylation is 1. The molecule has 1 aromatic carbocycles. The van der Waals surface area contributed by atoms with Crippen LogP contribution in [0.25, 0.3) is 0 Å².